The van der Waals surface area contributed by atoms with Gasteiger partial charge >= 0.3 is 0 Å². The van der Waals surface area contributed by atoms with E-state index in [0.717, 1.165) is 6.07 Å². The van der Waals surface area contributed by atoms with Crippen molar-refractivity contribution in [2.45, 2.75) is 38.3 Å². The Morgan fingerprint density at radius 2 is 2.04 bits per heavy atom. The molecule has 0 radical (unpaired) electrons. The summed E-state index contributed by atoms with van der Waals surface area (Å²) in [6.07, 6.45) is -0.302. The molecule has 0 unspecified atom stereocenters. The van der Waals surface area contributed by atoms with Crippen LogP contribution in [0.3, 0.4) is 0 Å². The minimum Gasteiger partial charge on any atom is -0.386 e. The van der Waals surface area contributed by atoms with Gasteiger partial charge in [-0.05, 0) is 24.6 Å². The second-order valence-corrected chi connectivity index (χ2v) is 7.01. The Morgan fingerprint density at radius 1 is 1.29 bits per heavy atom. The Morgan fingerprint density at radius 3 is 2.75 bits per heavy atom. The third-order valence-electron chi connectivity index (χ3n) is 4.71. The molecule has 1 aliphatic heterocycles. The van der Waals surface area contributed by atoms with Crippen LogP contribution < -0.4 is 10.6 Å². The number of aliphatic hydroxyl groups excluding tert-OH is 1. The lowest BCUT2D eigenvalue weighted by Gasteiger charge is -2.25. The molecule has 0 fully saturated rings. The van der Waals surface area contributed by atoms with Crippen LogP contribution in [0.25, 0.3) is 0 Å². The van der Waals surface area contributed by atoms with Gasteiger partial charge in [-0.15, -0.1) is 0 Å². The zero-order valence-corrected chi connectivity index (χ0v) is 15.8. The number of aliphatic hydroxyl groups is 1. The first-order chi connectivity index (χ1) is 13.3. The molecular formula is C20H19ClF2N2O3. The monoisotopic (exact) mass is 408 g/mol. The molecule has 0 spiro atoms. The van der Waals surface area contributed by atoms with Crippen LogP contribution in [0.2, 0.25) is 5.02 Å². The Labute approximate surface area is 165 Å². The summed E-state index contributed by atoms with van der Waals surface area (Å²) in [5.41, 5.74) is 0.587. The molecule has 0 bridgehead atoms. The van der Waals surface area contributed by atoms with Crippen molar-refractivity contribution in [3.8, 4) is 0 Å². The van der Waals surface area contributed by atoms with E-state index in [1.54, 1.807) is 0 Å². The number of carbonyl (C=O) groups is 2. The highest BCUT2D eigenvalue weighted by Crippen LogP contribution is 2.31. The molecule has 0 saturated heterocycles. The van der Waals surface area contributed by atoms with Crippen molar-refractivity contribution >= 4 is 29.1 Å². The van der Waals surface area contributed by atoms with Crippen molar-refractivity contribution in [1.29, 1.82) is 0 Å². The number of hydrogen-bond acceptors (Lipinski definition) is 3. The van der Waals surface area contributed by atoms with Crippen LogP contribution in [0, 0.1) is 11.6 Å². The molecule has 3 N–H and O–H groups in total. The highest BCUT2D eigenvalue weighted by Gasteiger charge is 2.30. The van der Waals surface area contributed by atoms with Crippen LogP contribution in [-0.4, -0.2) is 23.0 Å². The molecule has 148 valence electrons. The summed E-state index contributed by atoms with van der Waals surface area (Å²) in [4.78, 5) is 24.4. The highest BCUT2D eigenvalue weighted by molar-refractivity contribution is 6.31. The van der Waals surface area contributed by atoms with Crippen LogP contribution in [0.4, 0.5) is 14.5 Å². The Bertz CT molecular complexity index is 936. The summed E-state index contributed by atoms with van der Waals surface area (Å²) >= 11 is 5.96. The molecule has 2 amide bonds. The first-order valence-electron chi connectivity index (χ1n) is 8.87. The van der Waals surface area contributed by atoms with Crippen molar-refractivity contribution in [2.24, 2.45) is 0 Å². The average molecular weight is 409 g/mol. The topological polar surface area (TPSA) is 78.4 Å². The summed E-state index contributed by atoms with van der Waals surface area (Å²) in [5, 5.41) is 15.6. The van der Waals surface area contributed by atoms with Crippen LogP contribution in [-0.2, 0) is 11.2 Å². The molecule has 1 heterocycles. The van der Waals surface area contributed by atoms with Gasteiger partial charge in [0.2, 0.25) is 5.91 Å². The predicted octanol–water partition coefficient (Wildman–Crippen LogP) is 3.74. The summed E-state index contributed by atoms with van der Waals surface area (Å²) in [7, 11) is 0. The SMILES string of the molecule is CCC[C@H](NC(=O)c1ccc(F)c2c1CC(=O)N2)[C@@H](O)c1cccc(F)c1Cl. The number of fused-ring (bicyclic) bond motifs is 1. The zero-order chi connectivity index (χ0) is 20.4. The van der Waals surface area contributed by atoms with E-state index >= 15 is 0 Å². The number of anilines is 1. The van der Waals surface area contributed by atoms with Crippen molar-refractivity contribution in [3.05, 3.63) is 63.7 Å². The highest BCUT2D eigenvalue weighted by atomic mass is 35.5. The third kappa shape index (κ3) is 3.86. The van der Waals surface area contributed by atoms with Crippen LogP contribution in [0.5, 0.6) is 0 Å². The number of halogens is 3. The zero-order valence-electron chi connectivity index (χ0n) is 15.1. The quantitative estimate of drug-likeness (QED) is 0.681. The van der Waals surface area contributed by atoms with E-state index in [2.05, 4.69) is 10.6 Å². The number of rotatable bonds is 6. The van der Waals surface area contributed by atoms with E-state index in [1.165, 1.54) is 24.3 Å². The second kappa shape index (κ2) is 8.24. The molecule has 8 heteroatoms. The molecule has 28 heavy (non-hydrogen) atoms. The van der Waals surface area contributed by atoms with E-state index in [9.17, 15) is 23.5 Å². The number of hydrogen-bond donors (Lipinski definition) is 3. The lowest BCUT2D eigenvalue weighted by atomic mass is 9.97. The number of benzene rings is 2. The van der Waals surface area contributed by atoms with Gasteiger partial charge in [0.05, 0.1) is 23.2 Å². The average Bonchev–Trinajstić information content (AvgIpc) is 3.05. The summed E-state index contributed by atoms with van der Waals surface area (Å²) in [6.45, 7) is 1.87. The van der Waals surface area contributed by atoms with Crippen LogP contribution in [0.15, 0.2) is 30.3 Å². The van der Waals surface area contributed by atoms with Crippen molar-refractivity contribution in [3.63, 3.8) is 0 Å². The molecule has 5 nitrogen and oxygen atoms in total. The molecule has 3 rings (SSSR count). The fourth-order valence-electron chi connectivity index (χ4n) is 3.33. The van der Waals surface area contributed by atoms with E-state index in [4.69, 9.17) is 11.6 Å². The summed E-state index contributed by atoms with van der Waals surface area (Å²) in [6, 6.07) is 5.75. The van der Waals surface area contributed by atoms with Crippen molar-refractivity contribution in [2.75, 3.05) is 5.32 Å². The molecule has 2 aromatic rings. The lowest BCUT2D eigenvalue weighted by molar-refractivity contribution is -0.115. The third-order valence-corrected chi connectivity index (χ3v) is 5.10. The molecule has 0 aliphatic carbocycles. The first kappa shape index (κ1) is 20.2. The normalized spacial score (nSPS) is 15.0. The molecule has 0 aromatic heterocycles. The fraction of sp³-hybridized carbons (Fsp3) is 0.300. The molecule has 2 aromatic carbocycles. The van der Waals surface area contributed by atoms with Gasteiger partial charge in [0.1, 0.15) is 17.7 Å². The first-order valence-corrected chi connectivity index (χ1v) is 9.25. The Hall–Kier alpha value is -2.51. The van der Waals surface area contributed by atoms with Gasteiger partial charge in [-0.2, -0.15) is 0 Å². The largest absolute Gasteiger partial charge is 0.386 e. The van der Waals surface area contributed by atoms with Gasteiger partial charge in [0, 0.05) is 16.7 Å². The smallest absolute Gasteiger partial charge is 0.251 e. The number of carbonyl (C=O) groups excluding carboxylic acids is 2. The molecule has 0 saturated carbocycles. The van der Waals surface area contributed by atoms with Gasteiger partial charge in [0.25, 0.3) is 5.91 Å². The summed E-state index contributed by atoms with van der Waals surface area (Å²) < 4.78 is 27.6. The fourth-order valence-corrected chi connectivity index (χ4v) is 3.56. The van der Waals surface area contributed by atoms with E-state index in [1.807, 2.05) is 6.92 Å². The standard InChI is InChI=1S/C20H19ClF2N2O3/c1-2-4-15(19(27)11-5-3-6-13(22)17(11)21)24-20(28)10-7-8-14(23)18-12(10)9-16(26)25-18/h3,5-8,15,19,27H,2,4,9H2,1H3,(H,24,28)(H,25,26)/t15-,19-/m0/s1. The van der Waals surface area contributed by atoms with E-state index < -0.39 is 35.6 Å². The predicted molar refractivity (Wildman–Crippen MR) is 101 cm³/mol. The van der Waals surface area contributed by atoms with E-state index in [0.29, 0.717) is 12.8 Å². The van der Waals surface area contributed by atoms with Gasteiger partial charge in [0.15, 0.2) is 0 Å². The van der Waals surface area contributed by atoms with Gasteiger partial charge in [-0.1, -0.05) is 37.1 Å². The minimum absolute atomic E-state index is 0.00147. The number of amides is 2. The maximum atomic E-state index is 13.9. The lowest BCUT2D eigenvalue weighted by Crippen LogP contribution is -2.39. The van der Waals surface area contributed by atoms with Crippen molar-refractivity contribution < 1.29 is 23.5 Å². The second-order valence-electron chi connectivity index (χ2n) is 6.63. The van der Waals surface area contributed by atoms with Gasteiger partial charge < -0.3 is 15.7 Å². The van der Waals surface area contributed by atoms with Gasteiger partial charge in [-0.25, -0.2) is 8.78 Å². The Balaban J connectivity index is 1.88. The molecule has 1 aliphatic rings. The maximum Gasteiger partial charge on any atom is 0.251 e. The van der Waals surface area contributed by atoms with Gasteiger partial charge in [-0.3, -0.25) is 9.59 Å². The van der Waals surface area contributed by atoms with Crippen LogP contribution >= 0.6 is 11.6 Å². The molecule has 2 atom stereocenters. The number of nitrogens with one attached hydrogen (secondary N) is 2. The van der Waals surface area contributed by atoms with Crippen LogP contribution in [0.1, 0.15) is 47.4 Å². The summed E-state index contributed by atoms with van der Waals surface area (Å²) in [5.74, 6) is -2.24. The van der Waals surface area contributed by atoms with Crippen molar-refractivity contribution in [1.82, 2.24) is 5.32 Å². The van der Waals surface area contributed by atoms with E-state index in [-0.39, 0.29) is 33.8 Å². The maximum absolute atomic E-state index is 13.9. The Kier molecular flexibility index (Phi) is 5.96. The minimum atomic E-state index is -1.24. The molecular weight excluding hydrogens is 390 g/mol.